The van der Waals surface area contributed by atoms with Crippen LogP contribution in [-0.2, 0) is 4.79 Å². The van der Waals surface area contributed by atoms with Crippen LogP contribution in [0.5, 0.6) is 0 Å². The van der Waals surface area contributed by atoms with Gasteiger partial charge in [-0.2, -0.15) is 0 Å². The van der Waals surface area contributed by atoms with Crippen LogP contribution in [0.25, 0.3) is 0 Å². The van der Waals surface area contributed by atoms with E-state index in [0.29, 0.717) is 5.92 Å². The second-order valence-electron chi connectivity index (χ2n) is 5.34. The molecule has 1 amide bonds. The molecule has 1 aromatic carbocycles. The van der Waals surface area contributed by atoms with Crippen molar-refractivity contribution in [1.29, 1.82) is 0 Å². The van der Waals surface area contributed by atoms with Crippen LogP contribution >= 0.6 is 15.9 Å². The predicted octanol–water partition coefficient (Wildman–Crippen LogP) is 3.01. The second kappa shape index (κ2) is 6.53. The van der Waals surface area contributed by atoms with Crippen LogP contribution in [-0.4, -0.2) is 18.5 Å². The number of nitrogens with one attached hydrogen (secondary N) is 2. The fraction of sp³-hybridized carbons (Fsp3) is 0.533. The Kier molecular flexibility index (Phi) is 4.99. The molecule has 3 atom stereocenters. The first-order valence-corrected chi connectivity index (χ1v) is 7.66. The summed E-state index contributed by atoms with van der Waals surface area (Å²) in [4.78, 5) is 12.3. The smallest absolute Gasteiger partial charge is 0.237 e. The van der Waals surface area contributed by atoms with E-state index in [9.17, 15) is 4.79 Å². The molecule has 1 saturated heterocycles. The monoisotopic (exact) mass is 324 g/mol. The molecule has 19 heavy (non-hydrogen) atoms. The van der Waals surface area contributed by atoms with Crippen molar-refractivity contribution in [2.75, 3.05) is 6.54 Å². The zero-order valence-corrected chi connectivity index (χ0v) is 13.0. The van der Waals surface area contributed by atoms with Crippen LogP contribution in [0.1, 0.15) is 38.3 Å². The van der Waals surface area contributed by atoms with Gasteiger partial charge in [-0.05, 0) is 49.9 Å². The zero-order chi connectivity index (χ0) is 13.8. The third kappa shape index (κ3) is 3.80. The molecule has 3 nitrogen and oxygen atoms in total. The van der Waals surface area contributed by atoms with E-state index in [4.69, 9.17) is 0 Å². The van der Waals surface area contributed by atoms with E-state index in [2.05, 4.69) is 33.5 Å². The molecule has 0 aromatic heterocycles. The number of piperidine rings is 1. The molecule has 1 fully saturated rings. The lowest BCUT2D eigenvalue weighted by Crippen LogP contribution is -2.51. The minimum Gasteiger partial charge on any atom is -0.348 e. The maximum Gasteiger partial charge on any atom is 0.237 e. The summed E-state index contributed by atoms with van der Waals surface area (Å²) >= 11 is 3.46. The van der Waals surface area contributed by atoms with Gasteiger partial charge in [0.2, 0.25) is 5.91 Å². The highest BCUT2D eigenvalue weighted by molar-refractivity contribution is 9.10. The average Bonchev–Trinajstić information content (AvgIpc) is 2.39. The van der Waals surface area contributed by atoms with Gasteiger partial charge in [0, 0.05) is 4.47 Å². The van der Waals surface area contributed by atoms with Gasteiger partial charge in [-0.25, -0.2) is 0 Å². The molecule has 0 radical (unpaired) electrons. The van der Waals surface area contributed by atoms with Gasteiger partial charge in [-0.15, -0.1) is 0 Å². The highest BCUT2D eigenvalue weighted by Gasteiger charge is 2.28. The number of carbonyl (C=O) groups excluding carboxylic acids is 1. The van der Waals surface area contributed by atoms with E-state index in [0.717, 1.165) is 29.4 Å². The molecule has 2 unspecified atom stereocenters. The summed E-state index contributed by atoms with van der Waals surface area (Å²) in [5.41, 5.74) is 1.12. The van der Waals surface area contributed by atoms with Crippen LogP contribution in [0.15, 0.2) is 28.7 Å². The molecule has 0 saturated carbocycles. The normalized spacial score (nSPS) is 24.8. The molecular weight excluding hydrogens is 304 g/mol. The number of hydrogen-bond acceptors (Lipinski definition) is 2. The molecule has 0 spiro atoms. The van der Waals surface area contributed by atoms with Gasteiger partial charge in [0.25, 0.3) is 0 Å². The molecule has 0 aliphatic carbocycles. The van der Waals surface area contributed by atoms with Gasteiger partial charge in [-0.3, -0.25) is 4.79 Å². The Morgan fingerprint density at radius 2 is 2.32 bits per heavy atom. The molecule has 2 rings (SSSR count). The van der Waals surface area contributed by atoms with Gasteiger partial charge in [0.1, 0.15) is 0 Å². The first kappa shape index (κ1) is 14.5. The molecule has 1 heterocycles. The lowest BCUT2D eigenvalue weighted by molar-refractivity contribution is -0.125. The Morgan fingerprint density at radius 3 is 3.00 bits per heavy atom. The van der Waals surface area contributed by atoms with Crippen LogP contribution in [0, 0.1) is 5.92 Å². The third-order valence-corrected chi connectivity index (χ3v) is 4.25. The molecule has 1 aliphatic rings. The first-order valence-electron chi connectivity index (χ1n) is 6.87. The van der Waals surface area contributed by atoms with Gasteiger partial charge in [0.15, 0.2) is 0 Å². The van der Waals surface area contributed by atoms with Crippen molar-refractivity contribution in [3.8, 4) is 0 Å². The predicted molar refractivity (Wildman–Crippen MR) is 80.9 cm³/mol. The molecule has 104 valence electrons. The summed E-state index contributed by atoms with van der Waals surface area (Å²) in [6.45, 7) is 5.10. The van der Waals surface area contributed by atoms with Gasteiger partial charge in [0.05, 0.1) is 12.1 Å². The Bertz CT molecular complexity index is 450. The molecular formula is C15H21BrN2O. The number of hydrogen-bond donors (Lipinski definition) is 2. The van der Waals surface area contributed by atoms with E-state index in [1.165, 1.54) is 0 Å². The minimum absolute atomic E-state index is 0.0286. The van der Waals surface area contributed by atoms with E-state index in [-0.39, 0.29) is 18.0 Å². The Morgan fingerprint density at radius 1 is 1.53 bits per heavy atom. The summed E-state index contributed by atoms with van der Waals surface area (Å²) in [7, 11) is 0. The largest absolute Gasteiger partial charge is 0.348 e. The lowest BCUT2D eigenvalue weighted by atomic mass is 9.92. The third-order valence-electron chi connectivity index (χ3n) is 3.76. The molecule has 1 aliphatic heterocycles. The minimum atomic E-state index is -0.0525. The van der Waals surface area contributed by atoms with Gasteiger partial charge in [-0.1, -0.05) is 35.0 Å². The standard InChI is InChI=1S/C15H21BrN2O/c1-10-5-4-8-17-14(10)15(19)18-11(2)12-6-3-7-13(16)9-12/h3,6-7,9-11,14,17H,4-5,8H2,1-2H3,(H,18,19)/t10?,11-,14?/m1/s1. The summed E-state index contributed by atoms with van der Waals surface area (Å²) in [5, 5.41) is 6.42. The average molecular weight is 325 g/mol. The van der Waals surface area contributed by atoms with E-state index >= 15 is 0 Å². The summed E-state index contributed by atoms with van der Waals surface area (Å²) in [5.74, 6) is 0.517. The van der Waals surface area contributed by atoms with Crippen LogP contribution in [0.2, 0.25) is 0 Å². The number of benzene rings is 1. The number of amides is 1. The number of rotatable bonds is 3. The van der Waals surface area contributed by atoms with E-state index in [1.807, 2.05) is 31.2 Å². The van der Waals surface area contributed by atoms with Crippen molar-refractivity contribution in [2.45, 2.75) is 38.8 Å². The van der Waals surface area contributed by atoms with Gasteiger partial charge < -0.3 is 10.6 Å². The van der Waals surface area contributed by atoms with Crippen molar-refractivity contribution in [3.63, 3.8) is 0 Å². The quantitative estimate of drug-likeness (QED) is 0.897. The summed E-state index contributed by atoms with van der Waals surface area (Å²) in [6, 6.07) is 8.03. The molecule has 1 aromatic rings. The van der Waals surface area contributed by atoms with Crippen molar-refractivity contribution >= 4 is 21.8 Å². The van der Waals surface area contributed by atoms with Crippen LogP contribution in [0.4, 0.5) is 0 Å². The summed E-state index contributed by atoms with van der Waals surface area (Å²) < 4.78 is 1.04. The Balaban J connectivity index is 1.98. The fourth-order valence-corrected chi connectivity index (χ4v) is 2.98. The van der Waals surface area contributed by atoms with E-state index in [1.54, 1.807) is 0 Å². The topological polar surface area (TPSA) is 41.1 Å². The highest BCUT2D eigenvalue weighted by atomic mass is 79.9. The van der Waals surface area contributed by atoms with Crippen LogP contribution in [0.3, 0.4) is 0 Å². The Hall–Kier alpha value is -0.870. The molecule has 4 heteroatoms. The maximum absolute atomic E-state index is 12.3. The van der Waals surface area contributed by atoms with E-state index < -0.39 is 0 Å². The second-order valence-corrected chi connectivity index (χ2v) is 6.25. The van der Waals surface area contributed by atoms with Crippen molar-refractivity contribution in [3.05, 3.63) is 34.3 Å². The van der Waals surface area contributed by atoms with Crippen LogP contribution < -0.4 is 10.6 Å². The maximum atomic E-state index is 12.3. The van der Waals surface area contributed by atoms with Crippen molar-refractivity contribution in [1.82, 2.24) is 10.6 Å². The first-order chi connectivity index (χ1) is 9.08. The Labute approximate surface area is 123 Å². The SMILES string of the molecule is CC1CCCNC1C(=O)N[C@H](C)c1cccc(Br)c1. The fourth-order valence-electron chi connectivity index (χ4n) is 2.56. The highest BCUT2D eigenvalue weighted by Crippen LogP contribution is 2.20. The number of halogens is 1. The number of carbonyl (C=O) groups is 1. The summed E-state index contributed by atoms with van der Waals surface area (Å²) in [6.07, 6.45) is 2.28. The van der Waals surface area contributed by atoms with Crippen molar-refractivity contribution < 1.29 is 4.79 Å². The van der Waals surface area contributed by atoms with Crippen molar-refractivity contribution in [2.24, 2.45) is 5.92 Å². The molecule has 2 N–H and O–H groups in total. The van der Waals surface area contributed by atoms with Gasteiger partial charge >= 0.3 is 0 Å². The molecule has 0 bridgehead atoms. The lowest BCUT2D eigenvalue weighted by Gasteiger charge is -2.30. The zero-order valence-electron chi connectivity index (χ0n) is 11.4.